The number of carbonyl (C=O) groups excluding carboxylic acids is 1. The van der Waals surface area contributed by atoms with Gasteiger partial charge in [0, 0.05) is 29.7 Å². The van der Waals surface area contributed by atoms with Crippen LogP contribution in [0.15, 0.2) is 47.4 Å². The Morgan fingerprint density at radius 3 is 2.52 bits per heavy atom. The van der Waals surface area contributed by atoms with Crippen LogP contribution in [-0.2, 0) is 4.79 Å². The van der Waals surface area contributed by atoms with Gasteiger partial charge in [-0.1, -0.05) is 26.0 Å². The lowest BCUT2D eigenvalue weighted by molar-refractivity contribution is -0.118. The van der Waals surface area contributed by atoms with E-state index < -0.39 is 41.3 Å². The van der Waals surface area contributed by atoms with Gasteiger partial charge in [-0.3, -0.25) is 19.1 Å². The van der Waals surface area contributed by atoms with Gasteiger partial charge in [-0.15, -0.1) is 0 Å². The molecule has 2 amide bonds. The summed E-state index contributed by atoms with van der Waals surface area (Å²) in [5, 5.41) is 12.6. The van der Waals surface area contributed by atoms with Gasteiger partial charge in [0.25, 0.3) is 5.56 Å². The van der Waals surface area contributed by atoms with E-state index >= 15 is 4.39 Å². The highest BCUT2D eigenvalue weighted by Crippen LogP contribution is 2.41. The van der Waals surface area contributed by atoms with Crippen molar-refractivity contribution in [1.82, 2.24) is 19.4 Å². The van der Waals surface area contributed by atoms with E-state index in [1.165, 1.54) is 28.8 Å². The van der Waals surface area contributed by atoms with Gasteiger partial charge in [-0.05, 0) is 49.6 Å². The van der Waals surface area contributed by atoms with Crippen molar-refractivity contribution in [3.8, 4) is 16.9 Å². The summed E-state index contributed by atoms with van der Waals surface area (Å²) in [6.45, 7) is 7.28. The topological polar surface area (TPSA) is 121 Å². The largest absolute Gasteiger partial charge is 0.465 e. The summed E-state index contributed by atoms with van der Waals surface area (Å²) in [6.07, 6.45) is 0.462. The molecule has 2 aliphatic heterocycles. The molecule has 2 aliphatic rings. The molecular formula is C30H28F2N6O4. The molecule has 0 saturated carbocycles. The number of piperazine rings is 1. The SMILES string of the molecule is Cc1ccnc(C(C)C)c1-n1c(=O)c2c(c3cc(F)c(-c4ccccc4F)nc31)N1C[C@@H](C)N(C(=O)O)C[C@@H]1C(=O)N2. The molecule has 5 heterocycles. The minimum absolute atomic E-state index is 0.0552. The Morgan fingerprint density at radius 2 is 1.83 bits per heavy atom. The van der Waals surface area contributed by atoms with E-state index in [2.05, 4.69) is 15.3 Å². The van der Waals surface area contributed by atoms with Gasteiger partial charge < -0.3 is 20.2 Å². The first-order valence-corrected chi connectivity index (χ1v) is 13.6. The molecule has 4 aromatic rings. The maximum absolute atomic E-state index is 15.9. The third-order valence-corrected chi connectivity index (χ3v) is 7.95. The number of carbonyl (C=O) groups is 2. The minimum Gasteiger partial charge on any atom is -0.465 e. The number of aryl methyl sites for hydroxylation is 1. The average molecular weight is 575 g/mol. The summed E-state index contributed by atoms with van der Waals surface area (Å²) in [7, 11) is 0. The fourth-order valence-electron chi connectivity index (χ4n) is 5.93. The number of anilines is 2. The van der Waals surface area contributed by atoms with Gasteiger partial charge in [-0.25, -0.2) is 18.6 Å². The summed E-state index contributed by atoms with van der Waals surface area (Å²) >= 11 is 0. The average Bonchev–Trinajstić information content (AvgIpc) is 2.93. The molecule has 0 aliphatic carbocycles. The van der Waals surface area contributed by atoms with E-state index in [4.69, 9.17) is 0 Å². The van der Waals surface area contributed by atoms with E-state index in [-0.39, 0.29) is 52.7 Å². The van der Waals surface area contributed by atoms with Gasteiger partial charge in [-0.2, -0.15) is 0 Å². The van der Waals surface area contributed by atoms with Crippen LogP contribution >= 0.6 is 0 Å². The summed E-state index contributed by atoms with van der Waals surface area (Å²) < 4.78 is 32.1. The molecule has 12 heteroatoms. The molecule has 0 bridgehead atoms. The van der Waals surface area contributed by atoms with E-state index in [0.29, 0.717) is 16.9 Å². The second kappa shape index (κ2) is 9.89. The summed E-state index contributed by atoms with van der Waals surface area (Å²) in [6, 6.07) is 7.11. The highest BCUT2D eigenvalue weighted by Gasteiger charge is 2.44. The van der Waals surface area contributed by atoms with Crippen molar-refractivity contribution < 1.29 is 23.5 Å². The van der Waals surface area contributed by atoms with Crippen molar-refractivity contribution in [2.24, 2.45) is 0 Å². The fraction of sp³-hybridized carbons (Fsp3) is 0.300. The predicted molar refractivity (Wildman–Crippen MR) is 153 cm³/mol. The molecule has 1 fully saturated rings. The Balaban J connectivity index is 1.73. The Kier molecular flexibility index (Phi) is 6.43. The van der Waals surface area contributed by atoms with Crippen LogP contribution in [0.4, 0.5) is 25.0 Å². The zero-order valence-corrected chi connectivity index (χ0v) is 23.4. The predicted octanol–water partition coefficient (Wildman–Crippen LogP) is 4.67. The Bertz CT molecular complexity index is 1860. The number of amides is 2. The Labute approximate surface area is 239 Å². The van der Waals surface area contributed by atoms with Crippen LogP contribution in [-0.4, -0.2) is 61.7 Å². The lowest BCUT2D eigenvalue weighted by Gasteiger charge is -2.47. The first kappa shape index (κ1) is 27.3. The molecule has 0 radical (unpaired) electrons. The van der Waals surface area contributed by atoms with Crippen LogP contribution in [0.25, 0.3) is 28.0 Å². The number of hydrogen-bond donors (Lipinski definition) is 2. The molecule has 216 valence electrons. The zero-order valence-electron chi connectivity index (χ0n) is 23.4. The maximum Gasteiger partial charge on any atom is 0.407 e. The fourth-order valence-corrected chi connectivity index (χ4v) is 5.93. The van der Waals surface area contributed by atoms with E-state index in [1.807, 2.05) is 20.8 Å². The van der Waals surface area contributed by atoms with Gasteiger partial charge in [0.05, 0.1) is 23.6 Å². The number of carboxylic acid groups (broad SMARTS) is 1. The van der Waals surface area contributed by atoms with Crippen molar-refractivity contribution in [2.75, 3.05) is 23.3 Å². The third-order valence-electron chi connectivity index (χ3n) is 7.95. The Morgan fingerprint density at radius 1 is 1.10 bits per heavy atom. The maximum atomic E-state index is 15.9. The summed E-state index contributed by atoms with van der Waals surface area (Å²) in [5.74, 6) is -2.17. The number of nitrogens with one attached hydrogen (secondary N) is 1. The molecule has 2 N–H and O–H groups in total. The highest BCUT2D eigenvalue weighted by molar-refractivity contribution is 6.10. The van der Waals surface area contributed by atoms with E-state index in [1.54, 1.807) is 30.2 Å². The van der Waals surface area contributed by atoms with Gasteiger partial charge in [0.15, 0.2) is 5.65 Å². The molecule has 2 atom stereocenters. The molecule has 0 unspecified atom stereocenters. The second-order valence-corrected chi connectivity index (χ2v) is 11.0. The Hall–Kier alpha value is -4.87. The van der Waals surface area contributed by atoms with Gasteiger partial charge >= 0.3 is 6.09 Å². The third kappa shape index (κ3) is 4.08. The highest BCUT2D eigenvalue weighted by atomic mass is 19.1. The molecule has 1 saturated heterocycles. The number of fused-ring (bicyclic) bond motifs is 5. The zero-order chi connectivity index (χ0) is 30.0. The van der Waals surface area contributed by atoms with Crippen molar-refractivity contribution in [3.05, 3.63) is 75.8 Å². The van der Waals surface area contributed by atoms with Crippen molar-refractivity contribution >= 4 is 34.4 Å². The molecule has 1 aromatic carbocycles. The molecule has 0 spiro atoms. The van der Waals surface area contributed by atoms with Crippen LogP contribution in [0.1, 0.15) is 37.9 Å². The lowest BCUT2D eigenvalue weighted by Crippen LogP contribution is -2.64. The second-order valence-electron chi connectivity index (χ2n) is 11.0. The number of halogens is 2. The molecule has 10 nitrogen and oxygen atoms in total. The number of nitrogens with zero attached hydrogens (tertiary/aromatic N) is 5. The van der Waals surface area contributed by atoms with Crippen molar-refractivity contribution in [3.63, 3.8) is 0 Å². The minimum atomic E-state index is -1.17. The molecule has 6 rings (SSSR count). The summed E-state index contributed by atoms with van der Waals surface area (Å²) in [4.78, 5) is 51.5. The molecule has 3 aromatic heterocycles. The van der Waals surface area contributed by atoms with E-state index in [9.17, 15) is 23.9 Å². The number of hydrogen-bond acceptors (Lipinski definition) is 6. The van der Waals surface area contributed by atoms with Crippen LogP contribution < -0.4 is 15.8 Å². The number of rotatable bonds is 3. The van der Waals surface area contributed by atoms with E-state index in [0.717, 1.165) is 4.90 Å². The van der Waals surface area contributed by atoms with Crippen LogP contribution in [0.5, 0.6) is 0 Å². The first-order chi connectivity index (χ1) is 20.0. The first-order valence-electron chi connectivity index (χ1n) is 13.6. The number of benzene rings is 1. The smallest absolute Gasteiger partial charge is 0.407 e. The molecular weight excluding hydrogens is 546 g/mol. The number of aromatic nitrogens is 3. The van der Waals surface area contributed by atoms with Gasteiger partial charge in [0.1, 0.15) is 29.1 Å². The lowest BCUT2D eigenvalue weighted by atomic mass is 9.99. The quantitative estimate of drug-likeness (QED) is 0.365. The standard InChI is InChI=1S/C30H28F2N6O4/c1-14(2)22-25(15(3)9-10-33-22)38-27-18(11-20(32)23(34-27)17-7-5-6-8-19(17)31)26-24(29(38)40)35-28(39)21-13-36(30(41)42)16(4)12-37(21)26/h5-11,14,16,21H,12-13H2,1-4H3,(H,35,39)(H,41,42)/t16-,21-/m1/s1. The van der Waals surface area contributed by atoms with Crippen LogP contribution in [0.2, 0.25) is 0 Å². The van der Waals surface area contributed by atoms with Crippen molar-refractivity contribution in [1.29, 1.82) is 0 Å². The molecule has 42 heavy (non-hydrogen) atoms. The monoisotopic (exact) mass is 574 g/mol. The van der Waals surface area contributed by atoms with Crippen LogP contribution in [0.3, 0.4) is 0 Å². The number of pyridine rings is 3. The summed E-state index contributed by atoms with van der Waals surface area (Å²) in [5.41, 5.74) is 0.972. The van der Waals surface area contributed by atoms with Crippen LogP contribution in [0, 0.1) is 18.6 Å². The van der Waals surface area contributed by atoms with Gasteiger partial charge in [0.2, 0.25) is 5.91 Å². The van der Waals surface area contributed by atoms with Crippen molar-refractivity contribution in [2.45, 2.75) is 45.7 Å². The normalized spacial score (nSPS) is 18.2.